The summed E-state index contributed by atoms with van der Waals surface area (Å²) >= 11 is 0. The molecule has 0 aliphatic heterocycles. The summed E-state index contributed by atoms with van der Waals surface area (Å²) in [5, 5.41) is 12.7. The molecule has 2 heterocycles. The van der Waals surface area contributed by atoms with Crippen LogP contribution in [0, 0.1) is 5.82 Å². The van der Waals surface area contributed by atoms with Gasteiger partial charge in [0.25, 0.3) is 5.91 Å². The number of rotatable bonds is 9. The Balaban J connectivity index is 1.91. The number of aliphatic hydroxyl groups excluding tert-OH is 1. The number of benzene rings is 1. The molecule has 1 amide bonds. The number of anilines is 1. The van der Waals surface area contributed by atoms with Crippen LogP contribution in [0.3, 0.4) is 0 Å². The summed E-state index contributed by atoms with van der Waals surface area (Å²) < 4.78 is 46.2. The van der Waals surface area contributed by atoms with E-state index in [1.165, 1.54) is 35.6 Å². The molecule has 1 saturated carbocycles. The van der Waals surface area contributed by atoms with Crippen molar-refractivity contribution >= 4 is 32.8 Å². The lowest BCUT2D eigenvalue weighted by Gasteiger charge is -2.24. The number of carbonyl (C=O) groups excluding carboxylic acids is 1. The molecule has 1 aromatic carbocycles. The van der Waals surface area contributed by atoms with Crippen LogP contribution in [-0.2, 0) is 10.0 Å². The minimum atomic E-state index is -3.67. The number of furan rings is 1. The van der Waals surface area contributed by atoms with E-state index in [4.69, 9.17) is 4.42 Å². The molecule has 1 aliphatic rings. The zero-order valence-corrected chi connectivity index (χ0v) is 20.2. The van der Waals surface area contributed by atoms with E-state index in [0.717, 1.165) is 24.7 Å². The molecule has 10 heteroatoms. The number of aliphatic hydroxyl groups is 1. The second-order valence-electron chi connectivity index (χ2n) is 8.75. The minimum absolute atomic E-state index is 0.126. The number of amides is 1. The molecule has 0 bridgehead atoms. The van der Waals surface area contributed by atoms with Gasteiger partial charge < -0.3 is 14.8 Å². The van der Waals surface area contributed by atoms with Crippen LogP contribution in [0.4, 0.5) is 10.2 Å². The number of sulfonamides is 1. The maximum Gasteiger partial charge on any atom is 0.255 e. The van der Waals surface area contributed by atoms with Gasteiger partial charge in [-0.25, -0.2) is 12.8 Å². The molecule has 0 radical (unpaired) electrons. The zero-order chi connectivity index (χ0) is 24.6. The van der Waals surface area contributed by atoms with E-state index in [1.807, 2.05) is 0 Å². The number of hydrogen-bond acceptors (Lipinski definition) is 6. The topological polar surface area (TPSA) is 113 Å². The molecule has 3 aromatic rings. The fraction of sp³-hybridized carbons (Fsp3) is 0.417. The standard InChI is InChI=1S/C24H28FN3O5S/c1-14(29)5-4-12-28(34(3,31)32)22-18(15-6-7-15)13-19-20(23(30)26-2)21(33-24(19)27-22)16-8-10-17(25)11-9-16/h8-11,13-15,29H,4-7,12H2,1-3H3,(H,26,30). The van der Waals surface area contributed by atoms with E-state index in [0.29, 0.717) is 23.8 Å². The third kappa shape index (κ3) is 4.92. The highest BCUT2D eigenvalue weighted by Crippen LogP contribution is 2.46. The molecule has 34 heavy (non-hydrogen) atoms. The lowest BCUT2D eigenvalue weighted by Crippen LogP contribution is -2.33. The summed E-state index contributed by atoms with van der Waals surface area (Å²) in [6, 6.07) is 7.38. The Morgan fingerprint density at radius 2 is 2.00 bits per heavy atom. The van der Waals surface area contributed by atoms with Crippen LogP contribution in [-0.4, -0.2) is 50.4 Å². The summed E-state index contributed by atoms with van der Waals surface area (Å²) in [5.74, 6) is -0.147. The van der Waals surface area contributed by atoms with Crippen molar-refractivity contribution in [1.29, 1.82) is 0 Å². The predicted octanol–water partition coefficient (Wildman–Crippen LogP) is 3.80. The van der Waals surface area contributed by atoms with E-state index in [2.05, 4.69) is 10.3 Å². The van der Waals surface area contributed by atoms with Gasteiger partial charge in [-0.2, -0.15) is 4.98 Å². The van der Waals surface area contributed by atoms with E-state index >= 15 is 0 Å². The van der Waals surface area contributed by atoms with Crippen molar-refractivity contribution < 1.29 is 27.1 Å². The lowest BCUT2D eigenvalue weighted by atomic mass is 10.0. The van der Waals surface area contributed by atoms with Crippen LogP contribution in [0.25, 0.3) is 22.4 Å². The van der Waals surface area contributed by atoms with Crippen molar-refractivity contribution in [3.8, 4) is 11.3 Å². The smallest absolute Gasteiger partial charge is 0.255 e. The third-order valence-electron chi connectivity index (χ3n) is 5.89. The van der Waals surface area contributed by atoms with Crippen molar-refractivity contribution in [2.24, 2.45) is 0 Å². The number of fused-ring (bicyclic) bond motifs is 1. The zero-order valence-electron chi connectivity index (χ0n) is 19.3. The summed E-state index contributed by atoms with van der Waals surface area (Å²) in [4.78, 5) is 17.4. The van der Waals surface area contributed by atoms with Crippen molar-refractivity contribution in [1.82, 2.24) is 10.3 Å². The fourth-order valence-corrected chi connectivity index (χ4v) is 4.96. The number of halogens is 1. The van der Waals surface area contributed by atoms with Crippen molar-refractivity contribution in [2.45, 2.75) is 44.6 Å². The number of nitrogens with zero attached hydrogens (tertiary/aromatic N) is 2. The predicted molar refractivity (Wildman–Crippen MR) is 128 cm³/mol. The van der Waals surface area contributed by atoms with E-state index < -0.39 is 21.9 Å². The van der Waals surface area contributed by atoms with Gasteiger partial charge in [-0.05, 0) is 74.4 Å². The van der Waals surface area contributed by atoms with Crippen LogP contribution in [0.2, 0.25) is 0 Å². The van der Waals surface area contributed by atoms with E-state index in [9.17, 15) is 22.7 Å². The van der Waals surface area contributed by atoms with Gasteiger partial charge in [-0.3, -0.25) is 9.10 Å². The Morgan fingerprint density at radius 1 is 1.32 bits per heavy atom. The van der Waals surface area contributed by atoms with Gasteiger partial charge in [0.1, 0.15) is 17.4 Å². The van der Waals surface area contributed by atoms with Gasteiger partial charge in [0.05, 0.1) is 23.3 Å². The first-order valence-corrected chi connectivity index (χ1v) is 13.1. The Kier molecular flexibility index (Phi) is 6.64. The molecule has 2 N–H and O–H groups in total. The molecular formula is C24H28FN3O5S. The minimum Gasteiger partial charge on any atom is -0.437 e. The fourth-order valence-electron chi connectivity index (χ4n) is 4.04. The third-order valence-corrected chi connectivity index (χ3v) is 7.04. The molecule has 1 atom stereocenters. The molecule has 0 saturated heterocycles. The molecule has 182 valence electrons. The van der Waals surface area contributed by atoms with Gasteiger partial charge >= 0.3 is 0 Å². The van der Waals surface area contributed by atoms with E-state index in [-0.39, 0.29) is 41.2 Å². The average Bonchev–Trinajstić information content (AvgIpc) is 3.55. The second-order valence-corrected chi connectivity index (χ2v) is 10.7. The molecule has 1 fully saturated rings. The van der Waals surface area contributed by atoms with Crippen LogP contribution < -0.4 is 9.62 Å². The Morgan fingerprint density at radius 3 is 2.56 bits per heavy atom. The second kappa shape index (κ2) is 9.34. The molecule has 2 aromatic heterocycles. The SMILES string of the molecule is CNC(=O)c1c(-c2ccc(F)cc2)oc2nc(N(CCCC(C)O)S(C)(=O)=O)c(C3CC3)cc12. The molecular weight excluding hydrogens is 461 g/mol. The summed E-state index contributed by atoms with van der Waals surface area (Å²) in [5.41, 5.74) is 1.64. The summed E-state index contributed by atoms with van der Waals surface area (Å²) in [7, 11) is -2.16. The molecule has 1 unspecified atom stereocenters. The number of pyridine rings is 1. The van der Waals surface area contributed by atoms with Crippen LogP contribution in [0.1, 0.15) is 54.4 Å². The van der Waals surface area contributed by atoms with E-state index in [1.54, 1.807) is 13.0 Å². The Bertz CT molecular complexity index is 1310. The highest BCUT2D eigenvalue weighted by molar-refractivity contribution is 7.92. The van der Waals surface area contributed by atoms with Gasteiger partial charge in [0, 0.05) is 19.2 Å². The molecule has 1 aliphatic carbocycles. The van der Waals surface area contributed by atoms with Crippen LogP contribution in [0.5, 0.6) is 0 Å². The lowest BCUT2D eigenvalue weighted by molar-refractivity contribution is 0.0964. The summed E-state index contributed by atoms with van der Waals surface area (Å²) in [6.45, 7) is 1.82. The highest BCUT2D eigenvalue weighted by Gasteiger charge is 2.34. The first-order valence-electron chi connectivity index (χ1n) is 11.2. The first kappa shape index (κ1) is 24.2. The number of carbonyl (C=O) groups is 1. The van der Waals surface area contributed by atoms with Crippen molar-refractivity contribution in [3.63, 3.8) is 0 Å². The van der Waals surface area contributed by atoms with Gasteiger partial charge in [0.15, 0.2) is 0 Å². The maximum absolute atomic E-state index is 13.5. The normalized spacial score (nSPS) is 14.9. The van der Waals surface area contributed by atoms with Crippen molar-refractivity contribution in [2.75, 3.05) is 24.2 Å². The quantitative estimate of drug-likeness (QED) is 0.473. The molecule has 4 rings (SSSR count). The van der Waals surface area contributed by atoms with Crippen LogP contribution in [0.15, 0.2) is 34.7 Å². The first-order chi connectivity index (χ1) is 16.1. The summed E-state index contributed by atoms with van der Waals surface area (Å²) in [6.07, 6.45) is 3.27. The Labute approximate surface area is 197 Å². The van der Waals surface area contributed by atoms with Crippen LogP contribution >= 0.6 is 0 Å². The maximum atomic E-state index is 13.5. The van der Waals surface area contributed by atoms with Crippen molar-refractivity contribution in [3.05, 3.63) is 47.3 Å². The number of nitrogens with one attached hydrogen (secondary N) is 1. The van der Waals surface area contributed by atoms with Gasteiger partial charge in [-0.15, -0.1) is 0 Å². The molecule has 8 nitrogen and oxygen atoms in total. The largest absolute Gasteiger partial charge is 0.437 e. The van der Waals surface area contributed by atoms with Gasteiger partial charge in [0.2, 0.25) is 15.7 Å². The molecule has 0 spiro atoms. The monoisotopic (exact) mass is 489 g/mol. The Hall–Kier alpha value is -2.98. The number of aromatic nitrogens is 1. The highest BCUT2D eigenvalue weighted by atomic mass is 32.2. The number of hydrogen-bond donors (Lipinski definition) is 2. The average molecular weight is 490 g/mol. The van der Waals surface area contributed by atoms with Gasteiger partial charge in [-0.1, -0.05) is 0 Å².